The van der Waals surface area contributed by atoms with Crippen molar-refractivity contribution in [3.05, 3.63) is 71.9 Å². The Balaban J connectivity index is 2.19. The molecular weight excluding hydrogens is 390 g/mol. The van der Waals surface area contributed by atoms with Crippen molar-refractivity contribution in [2.24, 2.45) is 0 Å². The lowest BCUT2D eigenvalue weighted by atomic mass is 10.1. The number of sulfone groups is 1. The number of rotatable bonds is 6. The van der Waals surface area contributed by atoms with Crippen LogP contribution in [0.15, 0.2) is 65.6 Å². The fraction of sp³-hybridized carbons (Fsp3) is 0.182. The van der Waals surface area contributed by atoms with Gasteiger partial charge in [0.05, 0.1) is 22.8 Å². The average Bonchev–Trinajstić information content (AvgIpc) is 3.05. The van der Waals surface area contributed by atoms with Crippen LogP contribution in [0, 0.1) is 6.92 Å². The summed E-state index contributed by atoms with van der Waals surface area (Å²) in [5.41, 5.74) is 3.05. The first kappa shape index (κ1) is 20.5. The number of aromatic nitrogens is 1. The maximum Gasteiger partial charge on any atom is 0.379 e. The van der Waals surface area contributed by atoms with Gasteiger partial charge in [0.15, 0.2) is 9.84 Å². The Morgan fingerprint density at radius 3 is 2.17 bits per heavy atom. The number of carbonyl (C=O) groups excluding carboxylic acids is 2. The molecular formula is C22H21NO5S. The van der Waals surface area contributed by atoms with Gasteiger partial charge in [0, 0.05) is 17.6 Å². The highest BCUT2D eigenvalue weighted by atomic mass is 32.2. The molecule has 0 atom stereocenters. The normalized spacial score (nSPS) is 11.3. The van der Waals surface area contributed by atoms with E-state index in [2.05, 4.69) is 0 Å². The van der Waals surface area contributed by atoms with Crippen LogP contribution in [0.3, 0.4) is 0 Å². The van der Waals surface area contributed by atoms with Crippen LogP contribution in [0.25, 0.3) is 16.9 Å². The van der Waals surface area contributed by atoms with Gasteiger partial charge in [0.1, 0.15) is 0 Å². The number of Topliss-reactive ketones (excluding diaryl/α,β-unsaturated/α-hetero) is 1. The molecule has 0 saturated heterocycles. The molecule has 1 aromatic heterocycles. The van der Waals surface area contributed by atoms with E-state index >= 15 is 0 Å². The first-order chi connectivity index (χ1) is 13.7. The maximum absolute atomic E-state index is 12.6. The predicted octanol–water partition coefficient (Wildman–Crippen LogP) is 3.60. The van der Waals surface area contributed by atoms with Crippen LogP contribution in [-0.2, 0) is 19.4 Å². The van der Waals surface area contributed by atoms with E-state index in [4.69, 9.17) is 4.74 Å². The summed E-state index contributed by atoms with van der Waals surface area (Å²) in [6.45, 7) is 3.49. The number of ketones is 1. The monoisotopic (exact) mass is 411 g/mol. The Bertz CT molecular complexity index is 1160. The molecule has 3 rings (SSSR count). The van der Waals surface area contributed by atoms with Gasteiger partial charge in [-0.2, -0.15) is 0 Å². The molecule has 0 aliphatic heterocycles. The average molecular weight is 411 g/mol. The minimum Gasteiger partial charge on any atom is -0.460 e. The highest BCUT2D eigenvalue weighted by Crippen LogP contribution is 2.30. The molecule has 0 aliphatic carbocycles. The molecule has 150 valence electrons. The number of esters is 1. The molecule has 0 unspecified atom stereocenters. The summed E-state index contributed by atoms with van der Waals surface area (Å²) in [4.78, 5) is 24.8. The minimum atomic E-state index is -3.32. The van der Waals surface area contributed by atoms with Gasteiger partial charge in [0.25, 0.3) is 5.78 Å². The Kier molecular flexibility index (Phi) is 5.70. The summed E-state index contributed by atoms with van der Waals surface area (Å²) in [6.07, 6.45) is 1.15. The van der Waals surface area contributed by atoms with E-state index in [9.17, 15) is 18.0 Å². The lowest BCUT2D eigenvalue weighted by Crippen LogP contribution is -2.18. The Hall–Kier alpha value is -3.19. The SMILES string of the molecule is CCOC(=O)C(=O)c1cc(-c2ccccc2)n(-c2ccc(S(C)(=O)=O)cc2)c1C. The maximum atomic E-state index is 12.6. The number of hydrogen-bond acceptors (Lipinski definition) is 5. The number of nitrogens with zero attached hydrogens (tertiary/aromatic N) is 1. The smallest absolute Gasteiger partial charge is 0.379 e. The third-order valence-corrected chi connectivity index (χ3v) is 5.67. The lowest BCUT2D eigenvalue weighted by Gasteiger charge is -2.13. The van der Waals surface area contributed by atoms with Crippen LogP contribution in [0.5, 0.6) is 0 Å². The van der Waals surface area contributed by atoms with Crippen molar-refractivity contribution in [1.82, 2.24) is 4.57 Å². The molecule has 0 saturated carbocycles. The second kappa shape index (κ2) is 8.05. The van der Waals surface area contributed by atoms with E-state index in [1.165, 1.54) is 12.1 Å². The van der Waals surface area contributed by atoms with Crippen LogP contribution in [-0.4, -0.2) is 37.6 Å². The Morgan fingerprint density at radius 2 is 1.62 bits per heavy atom. The highest BCUT2D eigenvalue weighted by Gasteiger charge is 2.25. The summed E-state index contributed by atoms with van der Waals surface area (Å²) in [5, 5.41) is 0. The van der Waals surface area contributed by atoms with E-state index in [1.54, 1.807) is 32.0 Å². The van der Waals surface area contributed by atoms with Crippen LogP contribution >= 0.6 is 0 Å². The van der Waals surface area contributed by atoms with Crippen molar-refractivity contribution in [2.75, 3.05) is 12.9 Å². The second-order valence-corrected chi connectivity index (χ2v) is 8.56. The zero-order chi connectivity index (χ0) is 21.2. The third kappa shape index (κ3) is 4.14. The highest BCUT2D eigenvalue weighted by molar-refractivity contribution is 7.90. The first-order valence-electron chi connectivity index (χ1n) is 9.03. The molecule has 0 spiro atoms. The largest absolute Gasteiger partial charge is 0.460 e. The minimum absolute atomic E-state index is 0.114. The zero-order valence-electron chi connectivity index (χ0n) is 16.4. The van der Waals surface area contributed by atoms with Crippen molar-refractivity contribution in [1.29, 1.82) is 0 Å². The summed E-state index contributed by atoms with van der Waals surface area (Å²) in [6, 6.07) is 17.5. The second-order valence-electron chi connectivity index (χ2n) is 6.55. The van der Waals surface area contributed by atoms with E-state index < -0.39 is 21.6 Å². The molecule has 0 bridgehead atoms. The lowest BCUT2D eigenvalue weighted by molar-refractivity contribution is -0.137. The van der Waals surface area contributed by atoms with Gasteiger partial charge in [-0.1, -0.05) is 30.3 Å². The molecule has 0 aliphatic rings. The van der Waals surface area contributed by atoms with E-state index in [0.717, 1.165) is 11.8 Å². The fourth-order valence-corrected chi connectivity index (χ4v) is 3.77. The Labute approximate surface area is 169 Å². The quantitative estimate of drug-likeness (QED) is 0.352. The van der Waals surface area contributed by atoms with Crippen molar-refractivity contribution in [2.45, 2.75) is 18.7 Å². The van der Waals surface area contributed by atoms with Crippen molar-refractivity contribution in [3.8, 4) is 16.9 Å². The molecule has 0 N–H and O–H groups in total. The van der Waals surface area contributed by atoms with Crippen LogP contribution in [0.4, 0.5) is 0 Å². The molecule has 0 fully saturated rings. The topological polar surface area (TPSA) is 82.4 Å². The molecule has 7 heteroatoms. The first-order valence-corrected chi connectivity index (χ1v) is 10.9. The van der Waals surface area contributed by atoms with Crippen LogP contribution in [0.1, 0.15) is 23.0 Å². The molecule has 1 heterocycles. The molecule has 6 nitrogen and oxygen atoms in total. The number of hydrogen-bond donors (Lipinski definition) is 0. The Morgan fingerprint density at radius 1 is 1.00 bits per heavy atom. The van der Waals surface area contributed by atoms with Gasteiger partial charge in [-0.05, 0) is 49.7 Å². The molecule has 0 radical (unpaired) electrons. The summed E-state index contributed by atoms with van der Waals surface area (Å²) in [5.74, 6) is -1.62. The molecule has 0 amide bonds. The van der Waals surface area contributed by atoms with Crippen LogP contribution in [0.2, 0.25) is 0 Å². The number of ether oxygens (including phenoxy) is 1. The zero-order valence-corrected chi connectivity index (χ0v) is 17.2. The van der Waals surface area contributed by atoms with Gasteiger partial charge in [-0.3, -0.25) is 4.79 Å². The third-order valence-electron chi connectivity index (χ3n) is 4.55. The summed E-state index contributed by atoms with van der Waals surface area (Å²) >= 11 is 0. The summed E-state index contributed by atoms with van der Waals surface area (Å²) in [7, 11) is -3.32. The summed E-state index contributed by atoms with van der Waals surface area (Å²) < 4.78 is 30.2. The number of carbonyl (C=O) groups is 2. The van der Waals surface area contributed by atoms with E-state index in [-0.39, 0.29) is 17.1 Å². The standard InChI is InChI=1S/C22H21NO5S/c1-4-28-22(25)21(24)19-14-20(16-8-6-5-7-9-16)23(15(19)2)17-10-12-18(13-11-17)29(3,26)27/h5-14H,4H2,1-3H3. The van der Waals surface area contributed by atoms with Gasteiger partial charge in [0.2, 0.25) is 0 Å². The predicted molar refractivity (Wildman–Crippen MR) is 110 cm³/mol. The fourth-order valence-electron chi connectivity index (χ4n) is 3.14. The van der Waals surface area contributed by atoms with Gasteiger partial charge < -0.3 is 9.30 Å². The van der Waals surface area contributed by atoms with Crippen LogP contribution < -0.4 is 0 Å². The number of benzene rings is 2. The van der Waals surface area contributed by atoms with E-state index in [1.807, 2.05) is 34.9 Å². The van der Waals surface area contributed by atoms with E-state index in [0.29, 0.717) is 17.1 Å². The molecule has 3 aromatic rings. The van der Waals surface area contributed by atoms with Crippen molar-refractivity contribution < 1.29 is 22.7 Å². The van der Waals surface area contributed by atoms with Gasteiger partial charge in [-0.25, -0.2) is 13.2 Å². The molecule has 2 aromatic carbocycles. The van der Waals surface area contributed by atoms with Gasteiger partial charge >= 0.3 is 5.97 Å². The van der Waals surface area contributed by atoms with Crippen molar-refractivity contribution >= 4 is 21.6 Å². The van der Waals surface area contributed by atoms with Crippen molar-refractivity contribution in [3.63, 3.8) is 0 Å². The molecule has 29 heavy (non-hydrogen) atoms. The van der Waals surface area contributed by atoms with Gasteiger partial charge in [-0.15, -0.1) is 0 Å².